The van der Waals surface area contributed by atoms with Gasteiger partial charge in [-0.2, -0.15) is 0 Å². The third kappa shape index (κ3) is 4.67. The van der Waals surface area contributed by atoms with Crippen LogP contribution in [0.4, 0.5) is 0 Å². The first kappa shape index (κ1) is 23.5. The van der Waals surface area contributed by atoms with E-state index < -0.39 is 0 Å². The Morgan fingerprint density at radius 1 is 0.882 bits per heavy atom. The molecule has 0 saturated carbocycles. The van der Waals surface area contributed by atoms with Crippen molar-refractivity contribution >= 4 is 11.0 Å². The zero-order chi connectivity index (χ0) is 24.1. The fourth-order valence-electron chi connectivity index (χ4n) is 4.12. The van der Waals surface area contributed by atoms with E-state index in [2.05, 4.69) is 36.6 Å². The summed E-state index contributed by atoms with van der Waals surface area (Å²) >= 11 is 0. The summed E-state index contributed by atoms with van der Waals surface area (Å²) in [7, 11) is 4.83. The van der Waals surface area contributed by atoms with E-state index in [1.807, 2.05) is 42.5 Å². The predicted octanol–water partition coefficient (Wildman–Crippen LogP) is 6.32. The lowest BCUT2D eigenvalue weighted by molar-refractivity contribution is 0.300. The number of imidazole rings is 1. The van der Waals surface area contributed by atoms with Gasteiger partial charge in [-0.05, 0) is 54.3 Å². The largest absolute Gasteiger partial charge is 0.493 e. The monoisotopic (exact) mass is 460 g/mol. The Bertz CT molecular complexity index is 1220. The average molecular weight is 461 g/mol. The first-order valence-electron chi connectivity index (χ1n) is 11.6. The van der Waals surface area contributed by atoms with Crippen LogP contribution in [-0.2, 0) is 6.54 Å². The van der Waals surface area contributed by atoms with Gasteiger partial charge >= 0.3 is 0 Å². The number of ether oxygens (including phenoxy) is 4. The Morgan fingerprint density at radius 2 is 1.56 bits per heavy atom. The van der Waals surface area contributed by atoms with Crippen molar-refractivity contribution in [3.8, 4) is 34.4 Å². The second-order valence-corrected chi connectivity index (χ2v) is 8.22. The minimum Gasteiger partial charge on any atom is -0.493 e. The maximum Gasteiger partial charge on any atom is 0.203 e. The molecule has 0 aliphatic heterocycles. The highest BCUT2D eigenvalue weighted by Crippen LogP contribution is 2.41. The van der Waals surface area contributed by atoms with Gasteiger partial charge in [0.15, 0.2) is 11.5 Å². The molecule has 0 N–H and O–H groups in total. The fourth-order valence-corrected chi connectivity index (χ4v) is 4.12. The summed E-state index contributed by atoms with van der Waals surface area (Å²) in [6.07, 6.45) is 1.12. The zero-order valence-electron chi connectivity index (χ0n) is 20.5. The molecule has 1 aromatic heterocycles. The molecule has 0 radical (unpaired) electrons. The average Bonchev–Trinajstić information content (AvgIpc) is 3.26. The number of hydrogen-bond donors (Lipinski definition) is 0. The molecule has 3 aromatic carbocycles. The lowest BCUT2D eigenvalue weighted by atomic mass is 9.99. The second-order valence-electron chi connectivity index (χ2n) is 8.22. The molecular formula is C28H32N2O4. The quantitative estimate of drug-likeness (QED) is 0.277. The molecular weight excluding hydrogens is 428 g/mol. The lowest BCUT2D eigenvalue weighted by Crippen LogP contribution is -2.10. The van der Waals surface area contributed by atoms with E-state index in [1.54, 1.807) is 21.3 Å². The molecule has 6 nitrogen and oxygen atoms in total. The topological polar surface area (TPSA) is 54.7 Å². The molecule has 0 aliphatic carbocycles. The van der Waals surface area contributed by atoms with Gasteiger partial charge in [-0.3, -0.25) is 0 Å². The van der Waals surface area contributed by atoms with E-state index >= 15 is 0 Å². The maximum absolute atomic E-state index is 6.10. The number of methoxy groups -OCH3 is 3. The molecule has 4 rings (SSSR count). The van der Waals surface area contributed by atoms with Crippen LogP contribution in [0, 0.1) is 0 Å². The van der Waals surface area contributed by atoms with Crippen molar-refractivity contribution in [1.29, 1.82) is 0 Å². The van der Waals surface area contributed by atoms with Crippen LogP contribution in [0.1, 0.15) is 31.7 Å². The van der Waals surface area contributed by atoms with Crippen LogP contribution >= 0.6 is 0 Å². The molecule has 1 heterocycles. The number of rotatable bonds is 10. The van der Waals surface area contributed by atoms with Gasteiger partial charge in [0.25, 0.3) is 0 Å². The summed E-state index contributed by atoms with van der Waals surface area (Å²) in [5.41, 5.74) is 4.18. The van der Waals surface area contributed by atoms with Gasteiger partial charge in [0.05, 0.1) is 38.9 Å². The van der Waals surface area contributed by atoms with Crippen LogP contribution < -0.4 is 18.9 Å². The van der Waals surface area contributed by atoms with Crippen molar-refractivity contribution in [3.05, 3.63) is 66.2 Å². The Kier molecular flexibility index (Phi) is 7.26. The highest BCUT2D eigenvalue weighted by Gasteiger charge is 2.19. The number of para-hydroxylation sites is 2. The summed E-state index contributed by atoms with van der Waals surface area (Å²) in [6.45, 7) is 5.60. The smallest absolute Gasteiger partial charge is 0.203 e. The summed E-state index contributed by atoms with van der Waals surface area (Å²) < 4.78 is 24.9. The second kappa shape index (κ2) is 10.5. The van der Waals surface area contributed by atoms with Gasteiger partial charge < -0.3 is 23.5 Å². The lowest BCUT2D eigenvalue weighted by Gasteiger charge is -2.15. The normalized spacial score (nSPS) is 11.9. The predicted molar refractivity (Wildman–Crippen MR) is 135 cm³/mol. The van der Waals surface area contributed by atoms with Crippen LogP contribution in [0.2, 0.25) is 0 Å². The Morgan fingerprint density at radius 3 is 2.18 bits per heavy atom. The van der Waals surface area contributed by atoms with Crippen LogP contribution in [0.25, 0.3) is 22.4 Å². The van der Waals surface area contributed by atoms with Gasteiger partial charge in [-0.1, -0.05) is 38.1 Å². The first-order valence-corrected chi connectivity index (χ1v) is 11.6. The molecule has 1 atom stereocenters. The van der Waals surface area contributed by atoms with Crippen molar-refractivity contribution in [2.24, 2.45) is 0 Å². The van der Waals surface area contributed by atoms with Gasteiger partial charge in [0, 0.05) is 5.56 Å². The van der Waals surface area contributed by atoms with Crippen LogP contribution in [-0.4, -0.2) is 37.5 Å². The molecule has 0 saturated heterocycles. The zero-order valence-corrected chi connectivity index (χ0v) is 20.5. The Labute approximate surface area is 201 Å². The molecule has 0 bridgehead atoms. The van der Waals surface area contributed by atoms with Gasteiger partial charge in [-0.25, -0.2) is 4.98 Å². The van der Waals surface area contributed by atoms with Crippen molar-refractivity contribution in [2.75, 3.05) is 27.9 Å². The molecule has 0 spiro atoms. The van der Waals surface area contributed by atoms with Crippen molar-refractivity contribution in [3.63, 3.8) is 0 Å². The minimum atomic E-state index is 0.514. The molecule has 6 heteroatoms. The number of aromatic nitrogens is 2. The Balaban J connectivity index is 1.64. The van der Waals surface area contributed by atoms with Crippen LogP contribution in [0.5, 0.6) is 23.0 Å². The highest BCUT2D eigenvalue weighted by atomic mass is 16.5. The van der Waals surface area contributed by atoms with Crippen molar-refractivity contribution in [1.82, 2.24) is 9.55 Å². The van der Waals surface area contributed by atoms with Gasteiger partial charge in [0.2, 0.25) is 5.75 Å². The highest BCUT2D eigenvalue weighted by molar-refractivity contribution is 5.81. The third-order valence-corrected chi connectivity index (χ3v) is 6.22. The van der Waals surface area contributed by atoms with Crippen LogP contribution in [0.15, 0.2) is 60.7 Å². The minimum absolute atomic E-state index is 0.514. The van der Waals surface area contributed by atoms with Crippen LogP contribution in [0.3, 0.4) is 0 Å². The summed E-state index contributed by atoms with van der Waals surface area (Å²) in [5.74, 6) is 3.97. The third-order valence-electron chi connectivity index (χ3n) is 6.22. The molecule has 0 amide bonds. The number of benzene rings is 3. The van der Waals surface area contributed by atoms with E-state index in [-0.39, 0.29) is 0 Å². The Hall–Kier alpha value is -3.67. The SMILES string of the molecule is CCC(C)c1ccc(OCCn2c(-c3cc(OC)c(OC)c(OC)c3)nc3ccccc32)cc1. The molecule has 178 valence electrons. The summed E-state index contributed by atoms with van der Waals surface area (Å²) in [4.78, 5) is 4.91. The van der Waals surface area contributed by atoms with E-state index in [4.69, 9.17) is 23.9 Å². The number of fused-ring (bicyclic) bond motifs is 1. The van der Waals surface area contributed by atoms with E-state index in [0.29, 0.717) is 36.3 Å². The first-order chi connectivity index (χ1) is 16.6. The number of nitrogens with zero attached hydrogens (tertiary/aromatic N) is 2. The van der Waals surface area contributed by atoms with Crippen molar-refractivity contribution < 1.29 is 18.9 Å². The van der Waals surface area contributed by atoms with E-state index in [1.165, 1.54) is 5.56 Å². The molecule has 1 unspecified atom stereocenters. The van der Waals surface area contributed by atoms with E-state index in [9.17, 15) is 0 Å². The molecule has 0 fully saturated rings. The maximum atomic E-state index is 6.10. The molecule has 34 heavy (non-hydrogen) atoms. The summed E-state index contributed by atoms with van der Waals surface area (Å²) in [5, 5.41) is 0. The van der Waals surface area contributed by atoms with Crippen molar-refractivity contribution in [2.45, 2.75) is 32.7 Å². The van der Waals surface area contributed by atoms with Gasteiger partial charge in [0.1, 0.15) is 18.2 Å². The summed E-state index contributed by atoms with van der Waals surface area (Å²) in [6, 6.07) is 20.4. The van der Waals surface area contributed by atoms with E-state index in [0.717, 1.165) is 34.6 Å². The molecule has 0 aliphatic rings. The number of hydrogen-bond acceptors (Lipinski definition) is 5. The fraction of sp³-hybridized carbons (Fsp3) is 0.321. The van der Waals surface area contributed by atoms with Gasteiger partial charge in [-0.15, -0.1) is 0 Å². The standard InChI is InChI=1S/C28H32N2O4/c1-6-19(2)20-11-13-22(14-12-20)34-16-15-30-24-10-8-7-9-23(24)29-28(30)21-17-25(31-3)27(33-5)26(18-21)32-4/h7-14,17-19H,6,15-16H2,1-5H3. The molecule has 4 aromatic rings.